The lowest BCUT2D eigenvalue weighted by Crippen LogP contribution is -2.11. The van der Waals surface area contributed by atoms with E-state index in [4.69, 9.17) is 4.74 Å². The Kier molecular flexibility index (Phi) is 6.45. The average Bonchev–Trinajstić information content (AvgIpc) is 2.28. The van der Waals surface area contributed by atoms with Crippen molar-refractivity contribution in [3.05, 3.63) is 0 Å². The first-order chi connectivity index (χ1) is 7.33. The van der Waals surface area contributed by atoms with Gasteiger partial charge in [0, 0.05) is 6.42 Å². The highest BCUT2D eigenvalue weighted by Crippen LogP contribution is 2.27. The number of hydrogen-bond donors (Lipinski definition) is 0. The fourth-order valence-corrected chi connectivity index (χ4v) is 2.20. The minimum Gasteiger partial charge on any atom is -0.466 e. The average molecular weight is 212 g/mol. The molecule has 15 heavy (non-hydrogen) atoms. The van der Waals surface area contributed by atoms with Gasteiger partial charge in [0.05, 0.1) is 6.61 Å². The van der Waals surface area contributed by atoms with E-state index in [1.165, 1.54) is 32.1 Å². The van der Waals surface area contributed by atoms with Gasteiger partial charge in [-0.05, 0) is 18.8 Å². The Balaban J connectivity index is 2.00. The molecule has 0 amide bonds. The van der Waals surface area contributed by atoms with E-state index in [-0.39, 0.29) is 5.97 Å². The summed E-state index contributed by atoms with van der Waals surface area (Å²) in [5.41, 5.74) is 0. The molecule has 0 atom stereocenters. The molecule has 2 nitrogen and oxygen atoms in total. The Morgan fingerprint density at radius 3 is 2.67 bits per heavy atom. The summed E-state index contributed by atoms with van der Waals surface area (Å²) in [6.45, 7) is 2.72. The molecular formula is C13H24O2. The van der Waals surface area contributed by atoms with Crippen molar-refractivity contribution >= 4 is 5.97 Å². The molecule has 0 bridgehead atoms. The highest BCUT2D eigenvalue weighted by atomic mass is 16.5. The van der Waals surface area contributed by atoms with E-state index in [1.807, 2.05) is 0 Å². The maximum atomic E-state index is 11.3. The molecule has 1 aliphatic rings. The van der Waals surface area contributed by atoms with E-state index in [9.17, 15) is 4.79 Å². The van der Waals surface area contributed by atoms with E-state index in [0.717, 1.165) is 25.2 Å². The summed E-state index contributed by atoms with van der Waals surface area (Å²) < 4.78 is 5.13. The van der Waals surface area contributed by atoms with Crippen LogP contribution in [0.2, 0.25) is 0 Å². The summed E-state index contributed by atoms with van der Waals surface area (Å²) in [5, 5.41) is 0. The number of rotatable bonds is 6. The predicted molar refractivity (Wildman–Crippen MR) is 61.7 cm³/mol. The third-order valence-corrected chi connectivity index (χ3v) is 3.24. The van der Waals surface area contributed by atoms with Gasteiger partial charge in [-0.3, -0.25) is 4.79 Å². The maximum absolute atomic E-state index is 11.3. The SMILES string of the molecule is CCCCOC(=O)CCC1CCCCC1. The lowest BCUT2D eigenvalue weighted by Gasteiger charge is -2.20. The molecule has 0 aliphatic heterocycles. The molecular weight excluding hydrogens is 188 g/mol. The molecule has 0 unspecified atom stereocenters. The highest BCUT2D eigenvalue weighted by molar-refractivity contribution is 5.69. The monoisotopic (exact) mass is 212 g/mol. The van der Waals surface area contributed by atoms with Gasteiger partial charge in [0.1, 0.15) is 0 Å². The third kappa shape index (κ3) is 5.81. The molecule has 0 heterocycles. The van der Waals surface area contributed by atoms with Crippen LogP contribution in [-0.2, 0) is 9.53 Å². The van der Waals surface area contributed by atoms with Crippen LogP contribution in [0.1, 0.15) is 64.7 Å². The molecule has 1 saturated carbocycles. The number of carbonyl (C=O) groups is 1. The van der Waals surface area contributed by atoms with Crippen LogP contribution in [0.25, 0.3) is 0 Å². The Morgan fingerprint density at radius 1 is 1.27 bits per heavy atom. The van der Waals surface area contributed by atoms with Crippen molar-refractivity contribution in [1.29, 1.82) is 0 Å². The van der Waals surface area contributed by atoms with E-state index in [2.05, 4.69) is 6.92 Å². The smallest absolute Gasteiger partial charge is 0.305 e. The maximum Gasteiger partial charge on any atom is 0.305 e. The van der Waals surface area contributed by atoms with Crippen molar-refractivity contribution in [2.24, 2.45) is 5.92 Å². The van der Waals surface area contributed by atoms with Crippen LogP contribution in [0.4, 0.5) is 0 Å². The minimum absolute atomic E-state index is 0.00836. The normalized spacial score (nSPS) is 17.7. The lowest BCUT2D eigenvalue weighted by molar-refractivity contribution is -0.144. The van der Waals surface area contributed by atoms with Crippen molar-refractivity contribution in [2.45, 2.75) is 64.7 Å². The second-order valence-electron chi connectivity index (χ2n) is 4.62. The fraction of sp³-hybridized carbons (Fsp3) is 0.923. The summed E-state index contributed by atoms with van der Waals surface area (Å²) in [4.78, 5) is 11.3. The van der Waals surface area contributed by atoms with Crippen LogP contribution in [-0.4, -0.2) is 12.6 Å². The molecule has 0 saturated heterocycles. The zero-order valence-corrected chi connectivity index (χ0v) is 9.96. The molecule has 0 spiro atoms. The third-order valence-electron chi connectivity index (χ3n) is 3.24. The van der Waals surface area contributed by atoms with Crippen molar-refractivity contribution in [2.75, 3.05) is 6.61 Å². The number of carbonyl (C=O) groups excluding carboxylic acids is 1. The molecule has 0 radical (unpaired) electrons. The molecule has 0 aromatic rings. The molecule has 2 heteroatoms. The largest absolute Gasteiger partial charge is 0.466 e. The Morgan fingerprint density at radius 2 is 2.00 bits per heavy atom. The number of esters is 1. The Labute approximate surface area is 93.4 Å². The first kappa shape index (κ1) is 12.5. The lowest BCUT2D eigenvalue weighted by atomic mass is 9.86. The van der Waals surface area contributed by atoms with E-state index in [0.29, 0.717) is 13.0 Å². The van der Waals surface area contributed by atoms with Crippen LogP contribution >= 0.6 is 0 Å². The first-order valence-corrected chi connectivity index (χ1v) is 6.48. The number of unbranched alkanes of at least 4 members (excludes halogenated alkanes) is 1. The van der Waals surface area contributed by atoms with Crippen LogP contribution in [0, 0.1) is 5.92 Å². The van der Waals surface area contributed by atoms with Gasteiger partial charge in [-0.1, -0.05) is 45.4 Å². The summed E-state index contributed by atoms with van der Waals surface area (Å²) >= 11 is 0. The molecule has 0 aromatic carbocycles. The zero-order chi connectivity index (χ0) is 10.9. The van der Waals surface area contributed by atoms with Gasteiger partial charge in [-0.15, -0.1) is 0 Å². The van der Waals surface area contributed by atoms with E-state index < -0.39 is 0 Å². The molecule has 0 aromatic heterocycles. The van der Waals surface area contributed by atoms with Crippen LogP contribution < -0.4 is 0 Å². The summed E-state index contributed by atoms with van der Waals surface area (Å²) in [6.07, 6.45) is 10.5. The van der Waals surface area contributed by atoms with Crippen LogP contribution in [0.15, 0.2) is 0 Å². The molecule has 1 aliphatic carbocycles. The molecule has 1 fully saturated rings. The Hall–Kier alpha value is -0.530. The second-order valence-corrected chi connectivity index (χ2v) is 4.62. The van der Waals surface area contributed by atoms with Gasteiger partial charge in [-0.25, -0.2) is 0 Å². The standard InChI is InChI=1S/C13H24O2/c1-2-3-11-15-13(14)10-9-12-7-5-4-6-8-12/h12H,2-11H2,1H3. The van der Waals surface area contributed by atoms with Crippen molar-refractivity contribution in [3.63, 3.8) is 0 Å². The minimum atomic E-state index is 0.00836. The molecule has 0 N–H and O–H groups in total. The van der Waals surface area contributed by atoms with E-state index >= 15 is 0 Å². The van der Waals surface area contributed by atoms with Crippen LogP contribution in [0.5, 0.6) is 0 Å². The summed E-state index contributed by atoms with van der Waals surface area (Å²) in [6, 6.07) is 0. The quantitative estimate of drug-likeness (QED) is 0.496. The molecule has 1 rings (SSSR count). The van der Waals surface area contributed by atoms with Gasteiger partial charge >= 0.3 is 5.97 Å². The van der Waals surface area contributed by atoms with Crippen molar-refractivity contribution < 1.29 is 9.53 Å². The van der Waals surface area contributed by atoms with Gasteiger partial charge in [-0.2, -0.15) is 0 Å². The van der Waals surface area contributed by atoms with Gasteiger partial charge in [0.2, 0.25) is 0 Å². The number of hydrogen-bond acceptors (Lipinski definition) is 2. The van der Waals surface area contributed by atoms with Crippen LogP contribution in [0.3, 0.4) is 0 Å². The molecule has 88 valence electrons. The summed E-state index contributed by atoms with van der Waals surface area (Å²) in [5.74, 6) is 0.798. The fourth-order valence-electron chi connectivity index (χ4n) is 2.20. The second kappa shape index (κ2) is 7.72. The zero-order valence-electron chi connectivity index (χ0n) is 9.96. The van der Waals surface area contributed by atoms with E-state index in [1.54, 1.807) is 0 Å². The topological polar surface area (TPSA) is 26.3 Å². The first-order valence-electron chi connectivity index (χ1n) is 6.48. The number of ether oxygens (including phenoxy) is 1. The van der Waals surface area contributed by atoms with Crippen molar-refractivity contribution in [3.8, 4) is 0 Å². The predicted octanol–water partition coefficient (Wildman–Crippen LogP) is 3.69. The van der Waals surface area contributed by atoms with Gasteiger partial charge in [0.15, 0.2) is 0 Å². The van der Waals surface area contributed by atoms with Gasteiger partial charge < -0.3 is 4.74 Å². The Bertz CT molecular complexity index is 171. The van der Waals surface area contributed by atoms with Gasteiger partial charge in [0.25, 0.3) is 0 Å². The summed E-state index contributed by atoms with van der Waals surface area (Å²) in [7, 11) is 0. The van der Waals surface area contributed by atoms with Crippen molar-refractivity contribution in [1.82, 2.24) is 0 Å². The highest BCUT2D eigenvalue weighted by Gasteiger charge is 2.14.